The van der Waals surface area contributed by atoms with Crippen LogP contribution < -0.4 is 5.69 Å². The van der Waals surface area contributed by atoms with Gasteiger partial charge in [-0.3, -0.25) is 14.1 Å². The van der Waals surface area contributed by atoms with E-state index in [0.717, 1.165) is 32.1 Å². The highest BCUT2D eigenvalue weighted by Crippen LogP contribution is 2.24. The summed E-state index contributed by atoms with van der Waals surface area (Å²) in [5.41, 5.74) is 0.432. The molecule has 2 fully saturated rings. The maximum absolute atomic E-state index is 12.6. The maximum atomic E-state index is 12.6. The van der Waals surface area contributed by atoms with Crippen LogP contribution in [-0.2, 0) is 11.3 Å². The van der Waals surface area contributed by atoms with Gasteiger partial charge in [0, 0.05) is 45.3 Å². The van der Waals surface area contributed by atoms with Crippen molar-refractivity contribution in [1.82, 2.24) is 24.0 Å². The van der Waals surface area contributed by atoms with Crippen molar-refractivity contribution < 1.29 is 4.79 Å². The number of pyridine rings is 1. The number of aryl methyl sites for hydroxylation is 1. The van der Waals surface area contributed by atoms with Crippen LogP contribution in [0, 0.1) is 5.92 Å². The smallest absolute Gasteiger partial charge is 0.340 e. The number of hydrogen-bond donors (Lipinski definition) is 0. The zero-order valence-electron chi connectivity index (χ0n) is 15.9. The van der Waals surface area contributed by atoms with Crippen molar-refractivity contribution in [2.75, 3.05) is 32.7 Å². The van der Waals surface area contributed by atoms with Crippen molar-refractivity contribution in [2.24, 2.45) is 5.92 Å². The van der Waals surface area contributed by atoms with E-state index < -0.39 is 0 Å². The van der Waals surface area contributed by atoms with Crippen LogP contribution in [0.3, 0.4) is 0 Å². The Morgan fingerprint density at radius 2 is 1.85 bits per heavy atom. The van der Waals surface area contributed by atoms with Gasteiger partial charge in [-0.25, -0.2) is 9.48 Å². The fourth-order valence-electron chi connectivity index (χ4n) is 4.39. The van der Waals surface area contributed by atoms with E-state index in [1.54, 1.807) is 18.3 Å². The molecule has 4 rings (SSSR count). The Hall–Kier alpha value is -2.15. The third kappa shape index (κ3) is 4.24. The molecule has 2 aromatic rings. The number of carbonyl (C=O) groups is 1. The van der Waals surface area contributed by atoms with Crippen molar-refractivity contribution in [2.45, 2.75) is 45.1 Å². The normalized spacial score (nSPS) is 19.6. The summed E-state index contributed by atoms with van der Waals surface area (Å²) in [6.45, 7) is 5.06. The highest BCUT2D eigenvalue weighted by atomic mass is 16.2. The molecule has 1 aliphatic carbocycles. The maximum Gasteiger partial charge on any atom is 0.350 e. The molecule has 1 saturated carbocycles. The van der Waals surface area contributed by atoms with Crippen molar-refractivity contribution >= 4 is 11.6 Å². The first-order valence-corrected chi connectivity index (χ1v) is 10.2. The standard InChI is InChI=1S/C20H29N5O2/c26-19(9-11-25-20(27)24-10-5-4-8-18(24)21-25)23-14-12-22(13-15-23)16-17-6-2-1-3-7-17/h4-5,8,10,17H,1-3,6-7,9,11-16H2. The van der Waals surface area contributed by atoms with E-state index in [1.165, 1.54) is 47.7 Å². The summed E-state index contributed by atoms with van der Waals surface area (Å²) in [4.78, 5) is 29.3. The van der Waals surface area contributed by atoms with Gasteiger partial charge in [0.1, 0.15) is 0 Å². The van der Waals surface area contributed by atoms with E-state index in [2.05, 4.69) is 10.00 Å². The summed E-state index contributed by atoms with van der Waals surface area (Å²) in [6.07, 6.45) is 8.92. The number of piperazine rings is 1. The lowest BCUT2D eigenvalue weighted by molar-refractivity contribution is -0.133. The third-order valence-corrected chi connectivity index (χ3v) is 5.99. The number of carbonyl (C=O) groups excluding carboxylic acids is 1. The number of hydrogen-bond acceptors (Lipinski definition) is 4. The molecule has 7 nitrogen and oxygen atoms in total. The Bertz CT molecular complexity index is 828. The molecule has 0 unspecified atom stereocenters. The van der Waals surface area contributed by atoms with Crippen LogP contribution in [0.15, 0.2) is 29.2 Å². The molecule has 146 valence electrons. The molecule has 27 heavy (non-hydrogen) atoms. The Morgan fingerprint density at radius 1 is 1.07 bits per heavy atom. The number of amides is 1. The van der Waals surface area contributed by atoms with Gasteiger partial charge in [-0.2, -0.15) is 0 Å². The molecule has 0 spiro atoms. The summed E-state index contributed by atoms with van der Waals surface area (Å²) in [5, 5.41) is 4.29. The topological polar surface area (TPSA) is 62.9 Å². The summed E-state index contributed by atoms with van der Waals surface area (Å²) in [5.74, 6) is 0.971. The van der Waals surface area contributed by atoms with E-state index in [1.807, 2.05) is 11.0 Å². The average molecular weight is 371 g/mol. The molecule has 0 aromatic carbocycles. The zero-order chi connectivity index (χ0) is 18.6. The molecular weight excluding hydrogens is 342 g/mol. The van der Waals surface area contributed by atoms with Crippen LogP contribution in [-0.4, -0.2) is 62.6 Å². The van der Waals surface area contributed by atoms with Crippen LogP contribution in [0.2, 0.25) is 0 Å². The lowest BCUT2D eigenvalue weighted by Crippen LogP contribution is -2.50. The van der Waals surface area contributed by atoms with Crippen molar-refractivity contribution in [1.29, 1.82) is 0 Å². The number of aromatic nitrogens is 3. The predicted molar refractivity (Wildman–Crippen MR) is 104 cm³/mol. The van der Waals surface area contributed by atoms with E-state index in [4.69, 9.17) is 0 Å². The fraction of sp³-hybridized carbons (Fsp3) is 0.650. The molecule has 1 amide bonds. The predicted octanol–water partition coefficient (Wildman–Crippen LogP) is 1.61. The molecule has 2 aromatic heterocycles. The molecule has 0 N–H and O–H groups in total. The second-order valence-corrected chi connectivity index (χ2v) is 7.87. The van der Waals surface area contributed by atoms with E-state index in [9.17, 15) is 9.59 Å². The Morgan fingerprint density at radius 3 is 2.59 bits per heavy atom. The molecule has 0 radical (unpaired) electrons. The van der Waals surface area contributed by atoms with Crippen LogP contribution in [0.1, 0.15) is 38.5 Å². The van der Waals surface area contributed by atoms with Crippen LogP contribution in [0.25, 0.3) is 5.65 Å². The minimum Gasteiger partial charge on any atom is -0.340 e. The number of nitrogens with zero attached hydrogens (tertiary/aromatic N) is 5. The van der Waals surface area contributed by atoms with Gasteiger partial charge in [0.25, 0.3) is 0 Å². The van der Waals surface area contributed by atoms with Crippen molar-refractivity contribution in [3.8, 4) is 0 Å². The van der Waals surface area contributed by atoms with Crippen molar-refractivity contribution in [3.05, 3.63) is 34.9 Å². The van der Waals surface area contributed by atoms with Gasteiger partial charge >= 0.3 is 5.69 Å². The first-order chi connectivity index (χ1) is 13.2. The summed E-state index contributed by atoms with van der Waals surface area (Å²) in [7, 11) is 0. The molecule has 1 saturated heterocycles. The quantitative estimate of drug-likeness (QED) is 0.801. The second-order valence-electron chi connectivity index (χ2n) is 7.87. The van der Waals surface area contributed by atoms with Gasteiger partial charge in [0.15, 0.2) is 5.65 Å². The fourth-order valence-corrected chi connectivity index (χ4v) is 4.39. The second kappa shape index (κ2) is 8.25. The molecule has 2 aliphatic rings. The highest BCUT2D eigenvalue weighted by Gasteiger charge is 2.24. The van der Waals surface area contributed by atoms with Gasteiger partial charge in [-0.15, -0.1) is 5.10 Å². The lowest BCUT2D eigenvalue weighted by atomic mass is 9.89. The SMILES string of the molecule is O=C(CCn1nc2ccccn2c1=O)N1CCN(CC2CCCCC2)CC1. The van der Waals surface area contributed by atoms with Gasteiger partial charge in [-0.05, 0) is 30.9 Å². The highest BCUT2D eigenvalue weighted by molar-refractivity contribution is 5.76. The Labute approximate surface area is 159 Å². The number of fused-ring (bicyclic) bond motifs is 1. The van der Waals surface area contributed by atoms with E-state index in [0.29, 0.717) is 18.6 Å². The molecule has 7 heteroatoms. The Kier molecular flexibility index (Phi) is 5.57. The first kappa shape index (κ1) is 18.2. The number of rotatable bonds is 5. The lowest BCUT2D eigenvalue weighted by Gasteiger charge is -2.37. The Balaban J connectivity index is 1.25. The zero-order valence-corrected chi connectivity index (χ0v) is 15.9. The van der Waals surface area contributed by atoms with E-state index in [-0.39, 0.29) is 11.6 Å². The minimum absolute atomic E-state index is 0.122. The van der Waals surface area contributed by atoms with Crippen LogP contribution in [0.5, 0.6) is 0 Å². The molecular formula is C20H29N5O2. The van der Waals surface area contributed by atoms with Gasteiger partial charge in [0.05, 0.1) is 6.54 Å². The van der Waals surface area contributed by atoms with Crippen LogP contribution in [0.4, 0.5) is 0 Å². The minimum atomic E-state index is -0.185. The monoisotopic (exact) mass is 371 g/mol. The first-order valence-electron chi connectivity index (χ1n) is 10.2. The average Bonchev–Trinajstić information content (AvgIpc) is 3.03. The molecule has 1 aliphatic heterocycles. The molecule has 0 bridgehead atoms. The van der Waals surface area contributed by atoms with Crippen molar-refractivity contribution in [3.63, 3.8) is 0 Å². The van der Waals surface area contributed by atoms with Crippen LogP contribution >= 0.6 is 0 Å². The van der Waals surface area contributed by atoms with E-state index >= 15 is 0 Å². The third-order valence-electron chi connectivity index (χ3n) is 5.99. The molecule has 0 atom stereocenters. The van der Waals surface area contributed by atoms with Gasteiger partial charge in [0.2, 0.25) is 5.91 Å². The summed E-state index contributed by atoms with van der Waals surface area (Å²) < 4.78 is 2.90. The molecule has 3 heterocycles. The van der Waals surface area contributed by atoms with Gasteiger partial charge < -0.3 is 4.90 Å². The summed E-state index contributed by atoms with van der Waals surface area (Å²) in [6, 6.07) is 5.45. The van der Waals surface area contributed by atoms with Gasteiger partial charge in [-0.1, -0.05) is 25.3 Å². The largest absolute Gasteiger partial charge is 0.350 e. The summed E-state index contributed by atoms with van der Waals surface area (Å²) >= 11 is 0.